The van der Waals surface area contributed by atoms with E-state index in [1.54, 1.807) is 4.90 Å². The number of hydrogen-bond acceptors (Lipinski definition) is 3. The Hall–Kier alpha value is -1.29. The zero-order valence-electron chi connectivity index (χ0n) is 15.4. The molecule has 0 spiro atoms. The molecule has 132 valence electrons. The maximum Gasteiger partial charge on any atom is 0.412 e. The predicted octanol–water partition coefficient (Wildman–Crippen LogP) is 4.91. The number of hydrogen-bond donors (Lipinski definition) is 0. The molecular formula is C19H33NO3. The summed E-state index contributed by atoms with van der Waals surface area (Å²) in [6, 6.07) is 0.0671. The summed E-state index contributed by atoms with van der Waals surface area (Å²) in [6.07, 6.45) is 6.76. The van der Waals surface area contributed by atoms with Crippen molar-refractivity contribution in [3.8, 4) is 0 Å². The van der Waals surface area contributed by atoms with Crippen LogP contribution in [0.3, 0.4) is 0 Å². The van der Waals surface area contributed by atoms with E-state index < -0.39 is 11.3 Å². The molecule has 1 heterocycles. The Morgan fingerprint density at radius 2 is 1.96 bits per heavy atom. The summed E-state index contributed by atoms with van der Waals surface area (Å²) in [5.74, 6) is 0.196. The Morgan fingerprint density at radius 3 is 2.43 bits per heavy atom. The summed E-state index contributed by atoms with van der Waals surface area (Å²) < 4.78 is 11.9. The van der Waals surface area contributed by atoms with Crippen LogP contribution in [0.1, 0.15) is 60.3 Å². The van der Waals surface area contributed by atoms with E-state index in [1.807, 2.05) is 39.8 Å². The number of ether oxygens (including phenoxy) is 2. The molecule has 0 saturated carbocycles. The normalized spacial score (nSPS) is 28.3. The number of amides is 1. The van der Waals surface area contributed by atoms with E-state index >= 15 is 0 Å². The summed E-state index contributed by atoms with van der Waals surface area (Å²) >= 11 is 0. The fourth-order valence-electron chi connectivity index (χ4n) is 3.48. The van der Waals surface area contributed by atoms with Crippen LogP contribution < -0.4 is 0 Å². The molecule has 4 nitrogen and oxygen atoms in total. The van der Waals surface area contributed by atoms with Crippen molar-refractivity contribution in [3.05, 3.63) is 25.3 Å². The molecule has 0 unspecified atom stereocenters. The Kier molecular flexibility index (Phi) is 6.87. The summed E-state index contributed by atoms with van der Waals surface area (Å²) in [6.45, 7) is 18.0. The van der Waals surface area contributed by atoms with E-state index in [4.69, 9.17) is 9.47 Å². The van der Waals surface area contributed by atoms with Gasteiger partial charge in [-0.05, 0) is 53.9 Å². The fourth-order valence-corrected chi connectivity index (χ4v) is 3.48. The number of allylic oxidation sites excluding steroid dienone is 1. The molecule has 1 rings (SSSR count). The van der Waals surface area contributed by atoms with Crippen LogP contribution in [0.2, 0.25) is 0 Å². The molecule has 0 aliphatic carbocycles. The number of nitrogens with zero attached hydrogens (tertiary/aromatic N) is 1. The van der Waals surface area contributed by atoms with Crippen LogP contribution in [-0.4, -0.2) is 35.0 Å². The van der Waals surface area contributed by atoms with Crippen LogP contribution in [-0.2, 0) is 9.47 Å². The van der Waals surface area contributed by atoms with E-state index in [1.165, 1.54) is 0 Å². The molecular weight excluding hydrogens is 290 g/mol. The van der Waals surface area contributed by atoms with Gasteiger partial charge >= 0.3 is 6.09 Å². The Balaban J connectivity index is 3.27. The third-order valence-corrected chi connectivity index (χ3v) is 4.29. The van der Waals surface area contributed by atoms with Crippen LogP contribution in [0.15, 0.2) is 25.3 Å². The van der Waals surface area contributed by atoms with Crippen molar-refractivity contribution in [1.29, 1.82) is 0 Å². The molecule has 1 aliphatic heterocycles. The van der Waals surface area contributed by atoms with Crippen LogP contribution in [0.25, 0.3) is 0 Å². The fraction of sp³-hybridized carbons (Fsp3) is 0.737. The van der Waals surface area contributed by atoms with Crippen molar-refractivity contribution in [2.45, 2.75) is 77.7 Å². The van der Waals surface area contributed by atoms with Crippen LogP contribution in [0.4, 0.5) is 4.79 Å². The molecule has 3 atom stereocenters. The Morgan fingerprint density at radius 1 is 1.30 bits per heavy atom. The van der Waals surface area contributed by atoms with Crippen molar-refractivity contribution < 1.29 is 14.3 Å². The van der Waals surface area contributed by atoms with Gasteiger partial charge in [0.15, 0.2) is 5.72 Å². The second kappa shape index (κ2) is 8.00. The summed E-state index contributed by atoms with van der Waals surface area (Å²) in [4.78, 5) is 14.7. The van der Waals surface area contributed by atoms with Gasteiger partial charge in [0.05, 0.1) is 0 Å². The first-order valence-corrected chi connectivity index (χ1v) is 8.60. The topological polar surface area (TPSA) is 38.8 Å². The summed E-state index contributed by atoms with van der Waals surface area (Å²) in [5.41, 5.74) is -1.24. The highest BCUT2D eigenvalue weighted by atomic mass is 16.6. The maximum absolute atomic E-state index is 12.9. The third kappa shape index (κ3) is 4.60. The van der Waals surface area contributed by atoms with Gasteiger partial charge in [-0.15, -0.1) is 13.2 Å². The first-order chi connectivity index (χ1) is 10.7. The highest BCUT2D eigenvalue weighted by molar-refractivity contribution is 5.69. The molecule has 0 aromatic rings. The van der Waals surface area contributed by atoms with Crippen molar-refractivity contribution >= 4 is 6.09 Å². The van der Waals surface area contributed by atoms with Crippen LogP contribution in [0, 0.1) is 5.92 Å². The minimum atomic E-state index is -0.704. The quantitative estimate of drug-likeness (QED) is 0.652. The molecule has 0 radical (unpaired) electrons. The minimum absolute atomic E-state index is 0.0671. The van der Waals surface area contributed by atoms with Gasteiger partial charge in [-0.25, -0.2) is 4.79 Å². The van der Waals surface area contributed by atoms with Gasteiger partial charge in [0, 0.05) is 25.0 Å². The van der Waals surface area contributed by atoms with E-state index in [2.05, 4.69) is 20.1 Å². The number of rotatable bonds is 6. The van der Waals surface area contributed by atoms with Gasteiger partial charge in [0.2, 0.25) is 0 Å². The predicted molar refractivity (Wildman–Crippen MR) is 94.2 cm³/mol. The lowest BCUT2D eigenvalue weighted by Gasteiger charge is -2.53. The molecule has 4 heteroatoms. The molecule has 0 aromatic carbocycles. The van der Waals surface area contributed by atoms with Crippen molar-refractivity contribution in [2.75, 3.05) is 6.61 Å². The van der Waals surface area contributed by atoms with Crippen LogP contribution in [0.5, 0.6) is 0 Å². The van der Waals surface area contributed by atoms with E-state index in [0.29, 0.717) is 13.0 Å². The first kappa shape index (κ1) is 19.8. The monoisotopic (exact) mass is 323 g/mol. The lowest BCUT2D eigenvalue weighted by molar-refractivity contribution is -0.206. The smallest absolute Gasteiger partial charge is 0.412 e. The molecule has 23 heavy (non-hydrogen) atoms. The second-order valence-corrected chi connectivity index (χ2v) is 7.27. The van der Waals surface area contributed by atoms with Crippen LogP contribution >= 0.6 is 0 Å². The molecule has 1 saturated heterocycles. The number of carbonyl (C=O) groups is 1. The second-order valence-electron chi connectivity index (χ2n) is 7.27. The molecule has 0 aromatic heterocycles. The average Bonchev–Trinajstić information content (AvgIpc) is 2.41. The molecule has 1 amide bonds. The largest absolute Gasteiger partial charge is 0.444 e. The lowest BCUT2D eigenvalue weighted by atomic mass is 9.78. The van der Waals surface area contributed by atoms with Crippen molar-refractivity contribution in [3.63, 3.8) is 0 Å². The number of piperidine rings is 1. The molecule has 0 bridgehead atoms. The Labute approximate surface area is 141 Å². The zero-order valence-corrected chi connectivity index (χ0v) is 15.4. The minimum Gasteiger partial charge on any atom is -0.444 e. The van der Waals surface area contributed by atoms with Crippen molar-refractivity contribution in [2.24, 2.45) is 5.92 Å². The van der Waals surface area contributed by atoms with Gasteiger partial charge in [0.1, 0.15) is 5.60 Å². The van der Waals surface area contributed by atoms with E-state index in [-0.39, 0.29) is 18.1 Å². The zero-order chi connectivity index (χ0) is 17.7. The summed E-state index contributed by atoms with van der Waals surface area (Å²) in [5, 5.41) is 0. The highest BCUT2D eigenvalue weighted by Crippen LogP contribution is 2.43. The van der Waals surface area contributed by atoms with E-state index in [0.717, 1.165) is 19.3 Å². The molecule has 0 N–H and O–H groups in total. The van der Waals surface area contributed by atoms with Gasteiger partial charge in [-0.3, -0.25) is 4.90 Å². The molecule has 1 aliphatic rings. The van der Waals surface area contributed by atoms with Gasteiger partial charge in [0.25, 0.3) is 0 Å². The third-order valence-electron chi connectivity index (χ3n) is 4.29. The van der Waals surface area contributed by atoms with Gasteiger partial charge in [-0.2, -0.15) is 0 Å². The van der Waals surface area contributed by atoms with Gasteiger partial charge < -0.3 is 9.47 Å². The average molecular weight is 323 g/mol. The standard InChI is InChI=1S/C19H33NO3/c1-8-11-16-13-12-15(4)20(17(21)23-18(5,6)7)19(16,14-9-2)22-10-3/h8-9,15-16H,1-2,10-14H2,3-7H3/t15-,16-,19-/m1/s1. The molecule has 1 fully saturated rings. The SMILES string of the molecule is C=CC[C@@H]1CC[C@@H](C)N(C(=O)OC(C)(C)C)[C@]1(CC=C)OCC. The van der Waals surface area contributed by atoms with Gasteiger partial charge in [-0.1, -0.05) is 12.2 Å². The first-order valence-electron chi connectivity index (χ1n) is 8.60. The number of carbonyl (C=O) groups excluding carboxylic acids is 1. The highest BCUT2D eigenvalue weighted by Gasteiger charge is 2.51. The number of likely N-dealkylation sites (tertiary alicyclic amines) is 1. The lowest BCUT2D eigenvalue weighted by Crippen LogP contribution is -2.64. The Bertz CT molecular complexity index is 427. The van der Waals surface area contributed by atoms with E-state index in [9.17, 15) is 4.79 Å². The summed E-state index contributed by atoms with van der Waals surface area (Å²) in [7, 11) is 0. The maximum atomic E-state index is 12.9. The van der Waals surface area contributed by atoms with Crippen molar-refractivity contribution in [1.82, 2.24) is 4.90 Å².